The van der Waals surface area contributed by atoms with Crippen LogP contribution in [0.3, 0.4) is 0 Å². The molecule has 1 aromatic rings. The molecule has 70 valence electrons. The van der Waals surface area contributed by atoms with Crippen molar-refractivity contribution in [1.82, 2.24) is 0 Å². The summed E-state index contributed by atoms with van der Waals surface area (Å²) in [4.78, 5) is 0. The van der Waals surface area contributed by atoms with Crippen LogP contribution in [0.5, 0.6) is 0 Å². The highest BCUT2D eigenvalue weighted by atomic mass is 14.3. The molecule has 0 saturated carbocycles. The van der Waals surface area contributed by atoms with Gasteiger partial charge < -0.3 is 0 Å². The lowest BCUT2D eigenvalue weighted by Gasteiger charge is -2.07. The molecule has 0 aromatic heterocycles. The summed E-state index contributed by atoms with van der Waals surface area (Å²) in [6.45, 7) is 3.71. The molecule has 1 unspecified atom stereocenters. The van der Waals surface area contributed by atoms with Crippen LogP contribution in [0.1, 0.15) is 17.0 Å². The van der Waals surface area contributed by atoms with E-state index in [2.05, 4.69) is 12.6 Å². The molecule has 2 heteroatoms. The zero-order chi connectivity index (χ0) is 10.8. The van der Waals surface area contributed by atoms with Crippen molar-refractivity contribution in [3.63, 3.8) is 0 Å². The van der Waals surface area contributed by atoms with Crippen LogP contribution >= 0.6 is 0 Å². The first-order valence-electron chi connectivity index (χ1n) is 4.58. The summed E-state index contributed by atoms with van der Waals surface area (Å²) in [5.41, 5.74) is 3.03. The molecule has 0 bridgehead atoms. The smallest absolute Gasteiger partial charge is 0.0995 e. The number of hydrogen-bond donors (Lipinski definition) is 0. The second-order valence-electron chi connectivity index (χ2n) is 3.39. The monoisotopic (exact) mass is 192 g/mol. The molecule has 2 nitrogen and oxygen atoms in total. The Balaban J connectivity index is 2.58. The van der Waals surface area contributed by atoms with Gasteiger partial charge in [-0.05, 0) is 11.1 Å². The van der Waals surface area contributed by atoms with Crippen LogP contribution in [0.2, 0.25) is 0 Å². The average molecular weight is 192 g/mol. The second kappa shape index (κ2) is 3.44. The molecule has 15 heavy (non-hydrogen) atoms. The molecule has 0 aliphatic heterocycles. The third kappa shape index (κ3) is 1.33. The molecule has 0 amide bonds. The largest absolute Gasteiger partial charge is 0.193 e. The Morgan fingerprint density at radius 1 is 1.27 bits per heavy atom. The van der Waals surface area contributed by atoms with E-state index in [1.54, 1.807) is 6.08 Å². The lowest BCUT2D eigenvalue weighted by atomic mass is 9.95. The van der Waals surface area contributed by atoms with Gasteiger partial charge in [-0.2, -0.15) is 10.5 Å². The van der Waals surface area contributed by atoms with E-state index in [1.165, 1.54) is 0 Å². The van der Waals surface area contributed by atoms with Crippen molar-refractivity contribution >= 4 is 5.57 Å². The molecule has 0 fully saturated rings. The topological polar surface area (TPSA) is 47.6 Å². The predicted molar refractivity (Wildman–Crippen MR) is 57.5 cm³/mol. The summed E-state index contributed by atoms with van der Waals surface area (Å²) in [6.07, 6.45) is 1.80. The Morgan fingerprint density at radius 2 is 2.00 bits per heavy atom. The highest BCUT2D eigenvalue weighted by Gasteiger charge is 2.24. The van der Waals surface area contributed by atoms with Crippen LogP contribution in [0.4, 0.5) is 0 Å². The lowest BCUT2D eigenvalue weighted by molar-refractivity contribution is 1.06. The Kier molecular flexibility index (Phi) is 2.12. The lowest BCUT2D eigenvalue weighted by Crippen LogP contribution is -1.94. The van der Waals surface area contributed by atoms with Crippen molar-refractivity contribution in [3.05, 3.63) is 53.6 Å². The molecule has 0 saturated heterocycles. The van der Waals surface area contributed by atoms with Gasteiger partial charge in [-0.1, -0.05) is 36.9 Å². The SMILES string of the molecule is C=C(C#N)C1C=C(C#N)c2ccccc21. The van der Waals surface area contributed by atoms with Crippen molar-refractivity contribution < 1.29 is 0 Å². The highest BCUT2D eigenvalue weighted by Crippen LogP contribution is 2.38. The van der Waals surface area contributed by atoms with Crippen LogP contribution in [0.25, 0.3) is 5.57 Å². The van der Waals surface area contributed by atoms with Crippen LogP contribution in [-0.4, -0.2) is 0 Å². The Labute approximate surface area is 88.4 Å². The number of nitrogens with zero attached hydrogens (tertiary/aromatic N) is 2. The van der Waals surface area contributed by atoms with E-state index >= 15 is 0 Å². The molecule has 1 aromatic carbocycles. The quantitative estimate of drug-likeness (QED) is 0.642. The molecule has 1 aliphatic carbocycles. The molecule has 0 radical (unpaired) electrons. The van der Waals surface area contributed by atoms with E-state index in [0.29, 0.717) is 11.1 Å². The van der Waals surface area contributed by atoms with Gasteiger partial charge in [0.15, 0.2) is 0 Å². The molecular formula is C13H8N2. The number of benzene rings is 1. The summed E-state index contributed by atoms with van der Waals surface area (Å²) in [6, 6.07) is 11.8. The zero-order valence-corrected chi connectivity index (χ0v) is 8.07. The van der Waals surface area contributed by atoms with Gasteiger partial charge in [0.25, 0.3) is 0 Å². The van der Waals surface area contributed by atoms with E-state index in [0.717, 1.165) is 11.1 Å². The number of nitriles is 2. The highest BCUT2D eigenvalue weighted by molar-refractivity contribution is 5.84. The normalized spacial score (nSPS) is 17.2. The van der Waals surface area contributed by atoms with Gasteiger partial charge in [-0.3, -0.25) is 0 Å². The summed E-state index contributed by atoms with van der Waals surface area (Å²) >= 11 is 0. The first kappa shape index (κ1) is 9.24. The third-order valence-electron chi connectivity index (χ3n) is 2.56. The van der Waals surface area contributed by atoms with Gasteiger partial charge in [-0.15, -0.1) is 0 Å². The molecule has 1 aliphatic rings. The second-order valence-corrected chi connectivity index (χ2v) is 3.39. The maximum Gasteiger partial charge on any atom is 0.0995 e. The minimum atomic E-state index is -0.124. The Bertz CT molecular complexity index is 538. The maximum atomic E-state index is 8.95. The van der Waals surface area contributed by atoms with E-state index in [1.807, 2.05) is 30.3 Å². The van der Waals surface area contributed by atoms with Crippen LogP contribution < -0.4 is 0 Å². The van der Waals surface area contributed by atoms with E-state index in [9.17, 15) is 0 Å². The Morgan fingerprint density at radius 3 is 2.67 bits per heavy atom. The molecule has 0 heterocycles. The first-order valence-corrected chi connectivity index (χ1v) is 4.58. The number of allylic oxidation sites excluding steroid dienone is 3. The summed E-state index contributed by atoms with van der Waals surface area (Å²) in [5.74, 6) is -0.124. The van der Waals surface area contributed by atoms with Crippen LogP contribution in [0, 0.1) is 22.7 Å². The first-order chi connectivity index (χ1) is 7.27. The summed E-state index contributed by atoms with van der Waals surface area (Å²) in [5, 5.41) is 17.8. The fourth-order valence-corrected chi connectivity index (χ4v) is 1.82. The number of hydrogen-bond acceptors (Lipinski definition) is 2. The molecule has 2 rings (SSSR count). The van der Waals surface area contributed by atoms with Gasteiger partial charge in [0.2, 0.25) is 0 Å². The van der Waals surface area contributed by atoms with E-state index in [-0.39, 0.29) is 5.92 Å². The van der Waals surface area contributed by atoms with Crippen molar-refractivity contribution in [3.8, 4) is 12.1 Å². The average Bonchev–Trinajstić information content (AvgIpc) is 2.67. The Hall–Kier alpha value is -2.32. The molecule has 0 spiro atoms. The standard InChI is InChI=1S/C13H8N2/c1-9(7-14)13-6-10(8-15)11-4-2-3-5-12(11)13/h2-6,13H,1H2. The van der Waals surface area contributed by atoms with E-state index in [4.69, 9.17) is 10.5 Å². The summed E-state index contributed by atoms with van der Waals surface area (Å²) in [7, 11) is 0. The van der Waals surface area contributed by atoms with Gasteiger partial charge in [0.1, 0.15) is 0 Å². The van der Waals surface area contributed by atoms with Crippen molar-refractivity contribution in [2.24, 2.45) is 0 Å². The third-order valence-corrected chi connectivity index (χ3v) is 2.56. The number of rotatable bonds is 1. The van der Waals surface area contributed by atoms with Crippen molar-refractivity contribution in [1.29, 1.82) is 10.5 Å². The zero-order valence-electron chi connectivity index (χ0n) is 8.07. The van der Waals surface area contributed by atoms with Crippen molar-refractivity contribution in [2.75, 3.05) is 0 Å². The van der Waals surface area contributed by atoms with Gasteiger partial charge in [0, 0.05) is 11.5 Å². The van der Waals surface area contributed by atoms with Gasteiger partial charge in [0.05, 0.1) is 17.7 Å². The fourth-order valence-electron chi connectivity index (χ4n) is 1.82. The molecule has 0 N–H and O–H groups in total. The minimum Gasteiger partial charge on any atom is -0.193 e. The van der Waals surface area contributed by atoms with Crippen molar-refractivity contribution in [2.45, 2.75) is 5.92 Å². The summed E-state index contributed by atoms with van der Waals surface area (Å²) < 4.78 is 0. The number of fused-ring (bicyclic) bond motifs is 1. The van der Waals surface area contributed by atoms with Gasteiger partial charge >= 0.3 is 0 Å². The molecule has 1 atom stereocenters. The predicted octanol–water partition coefficient (Wildman–Crippen LogP) is 2.77. The molecular weight excluding hydrogens is 184 g/mol. The van der Waals surface area contributed by atoms with Crippen LogP contribution in [-0.2, 0) is 0 Å². The van der Waals surface area contributed by atoms with E-state index < -0.39 is 0 Å². The maximum absolute atomic E-state index is 8.95. The fraction of sp³-hybridized carbons (Fsp3) is 0.0769. The van der Waals surface area contributed by atoms with Crippen LogP contribution in [0.15, 0.2) is 42.5 Å². The minimum absolute atomic E-state index is 0.124. The van der Waals surface area contributed by atoms with Gasteiger partial charge in [-0.25, -0.2) is 0 Å².